The largest absolute Gasteiger partial charge is 0.484 e. The van der Waals surface area contributed by atoms with Gasteiger partial charge in [0.05, 0.1) is 12.2 Å². The number of fused-ring (bicyclic) bond motifs is 1. The summed E-state index contributed by atoms with van der Waals surface area (Å²) in [7, 11) is 0. The number of pyridine rings is 1. The van der Waals surface area contributed by atoms with E-state index in [0.29, 0.717) is 12.3 Å². The summed E-state index contributed by atoms with van der Waals surface area (Å²) in [5.74, 6) is -0.0534. The monoisotopic (exact) mass is 380 g/mol. The van der Waals surface area contributed by atoms with Crippen molar-refractivity contribution in [3.8, 4) is 5.75 Å². The van der Waals surface area contributed by atoms with Crippen molar-refractivity contribution in [2.45, 2.75) is 26.4 Å². The number of imidazole rings is 1. The second-order valence-corrected chi connectivity index (χ2v) is 6.81. The number of carbonyl (C=O) groups is 2. The van der Waals surface area contributed by atoms with Crippen LogP contribution in [0.2, 0.25) is 0 Å². The summed E-state index contributed by atoms with van der Waals surface area (Å²) in [5, 5.41) is 5.60. The van der Waals surface area contributed by atoms with E-state index >= 15 is 0 Å². The Bertz CT molecular complexity index is 904. The molecule has 0 aliphatic carbocycles. The molecule has 7 nitrogen and oxygen atoms in total. The summed E-state index contributed by atoms with van der Waals surface area (Å²) in [6.07, 6.45) is 3.77. The van der Waals surface area contributed by atoms with Crippen molar-refractivity contribution in [3.63, 3.8) is 0 Å². The van der Waals surface area contributed by atoms with Crippen LogP contribution in [0.4, 0.5) is 0 Å². The lowest BCUT2D eigenvalue weighted by Gasteiger charge is -2.21. The van der Waals surface area contributed by atoms with Gasteiger partial charge in [0.2, 0.25) is 5.91 Å². The molecule has 3 rings (SSSR count). The number of ether oxygens (including phenoxy) is 1. The first-order valence-electron chi connectivity index (χ1n) is 9.20. The number of hydrogen-bond donors (Lipinski definition) is 2. The van der Waals surface area contributed by atoms with Crippen molar-refractivity contribution in [3.05, 3.63) is 66.6 Å². The highest BCUT2D eigenvalue weighted by molar-refractivity contribution is 5.88. The van der Waals surface area contributed by atoms with Gasteiger partial charge in [-0.15, -0.1) is 0 Å². The average Bonchev–Trinajstić information content (AvgIpc) is 3.12. The van der Waals surface area contributed by atoms with E-state index in [1.807, 2.05) is 67.0 Å². The van der Waals surface area contributed by atoms with Gasteiger partial charge >= 0.3 is 0 Å². The maximum Gasteiger partial charge on any atom is 0.258 e. The van der Waals surface area contributed by atoms with Gasteiger partial charge in [-0.1, -0.05) is 38.1 Å². The third-order valence-corrected chi connectivity index (χ3v) is 4.24. The first-order chi connectivity index (χ1) is 13.5. The molecule has 2 aromatic heterocycles. The number of carbonyl (C=O) groups excluding carboxylic acids is 2. The fraction of sp³-hybridized carbons (Fsp3) is 0.286. The topological polar surface area (TPSA) is 84.7 Å². The van der Waals surface area contributed by atoms with Crippen molar-refractivity contribution >= 4 is 17.5 Å². The van der Waals surface area contributed by atoms with Crippen molar-refractivity contribution in [2.75, 3.05) is 6.61 Å². The maximum atomic E-state index is 12.6. The molecule has 2 N–H and O–H groups in total. The minimum Gasteiger partial charge on any atom is -0.484 e. The fourth-order valence-electron chi connectivity index (χ4n) is 2.78. The van der Waals surface area contributed by atoms with Gasteiger partial charge in [0.25, 0.3) is 5.91 Å². The Kier molecular flexibility index (Phi) is 6.26. The molecule has 2 heterocycles. The molecule has 0 aliphatic heterocycles. The average molecular weight is 380 g/mol. The SMILES string of the molecule is CC(C)[C@H](NC(=O)COc1ccccc1)C(=O)NCc1cn2ccccc2n1. The van der Waals surface area contributed by atoms with Gasteiger partial charge in [-0.2, -0.15) is 0 Å². The zero-order chi connectivity index (χ0) is 19.9. The number of aromatic nitrogens is 2. The molecule has 0 fully saturated rings. The quantitative estimate of drug-likeness (QED) is 0.627. The Morgan fingerprint density at radius 1 is 1.11 bits per heavy atom. The van der Waals surface area contributed by atoms with E-state index in [1.54, 1.807) is 12.1 Å². The highest BCUT2D eigenvalue weighted by Crippen LogP contribution is 2.09. The van der Waals surface area contributed by atoms with Crippen molar-refractivity contribution in [2.24, 2.45) is 5.92 Å². The molecule has 0 saturated heterocycles. The molecule has 0 unspecified atom stereocenters. The van der Waals surface area contributed by atoms with Gasteiger partial charge in [-0.3, -0.25) is 9.59 Å². The lowest BCUT2D eigenvalue weighted by atomic mass is 10.0. The highest BCUT2D eigenvalue weighted by Gasteiger charge is 2.24. The molecule has 0 bridgehead atoms. The predicted octanol–water partition coefficient (Wildman–Crippen LogP) is 2.17. The van der Waals surface area contributed by atoms with Crippen LogP contribution in [0.3, 0.4) is 0 Å². The van der Waals surface area contributed by atoms with Crippen molar-refractivity contribution in [1.29, 1.82) is 0 Å². The standard InChI is InChI=1S/C21H24N4O3/c1-15(2)20(24-19(26)14-28-17-8-4-3-5-9-17)21(27)22-12-16-13-25-11-7-6-10-18(25)23-16/h3-11,13,15,20H,12,14H2,1-2H3,(H,22,27)(H,24,26)/t20-/m0/s1. The van der Waals surface area contributed by atoms with E-state index in [4.69, 9.17) is 4.74 Å². The van der Waals surface area contributed by atoms with Gasteiger partial charge in [-0.05, 0) is 30.2 Å². The summed E-state index contributed by atoms with van der Waals surface area (Å²) in [6, 6.07) is 14.1. The molecule has 1 atom stereocenters. The van der Waals surface area contributed by atoms with E-state index in [9.17, 15) is 9.59 Å². The molecule has 28 heavy (non-hydrogen) atoms. The predicted molar refractivity (Wildman–Crippen MR) is 106 cm³/mol. The molecule has 7 heteroatoms. The summed E-state index contributed by atoms with van der Waals surface area (Å²) in [6.45, 7) is 3.91. The van der Waals surface area contributed by atoms with Gasteiger partial charge in [0.15, 0.2) is 6.61 Å². The number of hydrogen-bond acceptors (Lipinski definition) is 4. The van der Waals surface area contributed by atoms with Gasteiger partial charge < -0.3 is 19.8 Å². The van der Waals surface area contributed by atoms with E-state index in [-0.39, 0.29) is 24.3 Å². The third-order valence-electron chi connectivity index (χ3n) is 4.24. The normalized spacial score (nSPS) is 12.0. The second kappa shape index (κ2) is 9.03. The maximum absolute atomic E-state index is 12.6. The van der Waals surface area contributed by atoms with Crippen LogP contribution in [0.1, 0.15) is 19.5 Å². The first-order valence-corrected chi connectivity index (χ1v) is 9.20. The Morgan fingerprint density at radius 2 is 1.86 bits per heavy atom. The number of benzene rings is 1. The van der Waals surface area contributed by atoms with E-state index < -0.39 is 6.04 Å². The molecule has 3 aromatic rings. The molecule has 146 valence electrons. The zero-order valence-corrected chi connectivity index (χ0v) is 16.0. The van der Waals surface area contributed by atoms with Crippen LogP contribution in [0.15, 0.2) is 60.9 Å². The Morgan fingerprint density at radius 3 is 2.57 bits per heavy atom. The fourth-order valence-corrected chi connectivity index (χ4v) is 2.78. The molecular weight excluding hydrogens is 356 g/mol. The van der Waals surface area contributed by atoms with Gasteiger partial charge in [0, 0.05) is 12.4 Å². The minimum atomic E-state index is -0.649. The Balaban J connectivity index is 1.53. The number of nitrogens with one attached hydrogen (secondary N) is 2. The molecule has 2 amide bonds. The molecule has 0 radical (unpaired) electrons. The Hall–Kier alpha value is -3.35. The van der Waals surface area contributed by atoms with E-state index in [0.717, 1.165) is 11.3 Å². The van der Waals surface area contributed by atoms with Crippen LogP contribution in [-0.2, 0) is 16.1 Å². The van der Waals surface area contributed by atoms with Crippen LogP contribution < -0.4 is 15.4 Å². The molecule has 0 saturated carbocycles. The third kappa shape index (κ3) is 5.09. The molecule has 1 aromatic carbocycles. The van der Waals surface area contributed by atoms with Crippen LogP contribution in [0.25, 0.3) is 5.65 Å². The zero-order valence-electron chi connectivity index (χ0n) is 16.0. The van der Waals surface area contributed by atoms with Crippen molar-refractivity contribution in [1.82, 2.24) is 20.0 Å². The molecular formula is C21H24N4O3. The van der Waals surface area contributed by atoms with Gasteiger partial charge in [0.1, 0.15) is 17.4 Å². The smallest absolute Gasteiger partial charge is 0.258 e. The summed E-state index contributed by atoms with van der Waals surface area (Å²) < 4.78 is 7.33. The second-order valence-electron chi connectivity index (χ2n) is 6.81. The Labute approximate surface area is 163 Å². The lowest BCUT2D eigenvalue weighted by Crippen LogP contribution is -2.50. The summed E-state index contributed by atoms with van der Waals surface area (Å²) in [5.41, 5.74) is 1.57. The highest BCUT2D eigenvalue weighted by atomic mass is 16.5. The lowest BCUT2D eigenvalue weighted by molar-refractivity contribution is -0.131. The minimum absolute atomic E-state index is 0.0678. The van der Waals surface area contributed by atoms with Gasteiger partial charge in [-0.25, -0.2) is 4.98 Å². The summed E-state index contributed by atoms with van der Waals surface area (Å²) in [4.78, 5) is 29.2. The number of rotatable bonds is 8. The number of nitrogens with zero attached hydrogens (tertiary/aromatic N) is 2. The van der Waals surface area contributed by atoms with Crippen LogP contribution in [-0.4, -0.2) is 33.8 Å². The van der Waals surface area contributed by atoms with E-state index in [2.05, 4.69) is 15.6 Å². The first kappa shape index (κ1) is 19.4. The summed E-state index contributed by atoms with van der Waals surface area (Å²) >= 11 is 0. The number of amides is 2. The van der Waals surface area contributed by atoms with Crippen LogP contribution in [0.5, 0.6) is 5.75 Å². The molecule has 0 aliphatic rings. The van der Waals surface area contributed by atoms with Crippen LogP contribution >= 0.6 is 0 Å². The molecule has 0 spiro atoms. The van der Waals surface area contributed by atoms with Crippen molar-refractivity contribution < 1.29 is 14.3 Å². The van der Waals surface area contributed by atoms with Crippen LogP contribution in [0, 0.1) is 5.92 Å². The number of para-hydroxylation sites is 1. The van der Waals surface area contributed by atoms with E-state index in [1.165, 1.54) is 0 Å².